The van der Waals surface area contributed by atoms with Gasteiger partial charge in [0.15, 0.2) is 11.6 Å². The second-order valence-electron chi connectivity index (χ2n) is 7.88. The standard InChI is InChI=1S/C22H23N3O2/c1-14(26)16-4-5-17(11-20(27)21-24-13-18(12-23)25-21)19(10-16)15-6-8-22(2,3)9-7-15/h4-6,10,13H,7-9,11H2,1-3H3,(H,24,25). The molecule has 0 saturated carbocycles. The maximum Gasteiger partial charge on any atom is 0.202 e. The molecule has 5 heteroatoms. The minimum Gasteiger partial charge on any atom is -0.327 e. The lowest BCUT2D eigenvalue weighted by atomic mass is 9.76. The number of nitrogens with one attached hydrogen (secondary N) is 1. The van der Waals surface area contributed by atoms with Crippen molar-refractivity contribution in [3.05, 3.63) is 58.7 Å². The van der Waals surface area contributed by atoms with Crippen molar-refractivity contribution in [1.82, 2.24) is 9.97 Å². The highest BCUT2D eigenvalue weighted by molar-refractivity contribution is 5.97. The number of benzene rings is 1. The van der Waals surface area contributed by atoms with Crippen molar-refractivity contribution in [3.63, 3.8) is 0 Å². The Labute approximate surface area is 159 Å². The highest BCUT2D eigenvalue weighted by Crippen LogP contribution is 2.39. The van der Waals surface area contributed by atoms with Crippen molar-refractivity contribution >= 4 is 17.1 Å². The molecular weight excluding hydrogens is 338 g/mol. The molecule has 1 N–H and O–H groups in total. The number of carbonyl (C=O) groups is 2. The minimum absolute atomic E-state index is 0.00978. The smallest absolute Gasteiger partial charge is 0.202 e. The van der Waals surface area contributed by atoms with Crippen LogP contribution in [0.2, 0.25) is 0 Å². The molecular formula is C22H23N3O2. The summed E-state index contributed by atoms with van der Waals surface area (Å²) in [5, 5.41) is 8.89. The van der Waals surface area contributed by atoms with Crippen LogP contribution >= 0.6 is 0 Å². The molecule has 2 aromatic rings. The van der Waals surface area contributed by atoms with E-state index < -0.39 is 0 Å². The third-order valence-corrected chi connectivity index (χ3v) is 5.15. The number of H-pyrrole nitrogens is 1. The van der Waals surface area contributed by atoms with Gasteiger partial charge >= 0.3 is 0 Å². The van der Waals surface area contributed by atoms with Crippen LogP contribution in [0, 0.1) is 16.7 Å². The summed E-state index contributed by atoms with van der Waals surface area (Å²) < 4.78 is 0. The fourth-order valence-corrected chi connectivity index (χ4v) is 3.35. The van der Waals surface area contributed by atoms with Crippen LogP contribution in [0.3, 0.4) is 0 Å². The number of ketones is 2. The van der Waals surface area contributed by atoms with E-state index in [1.165, 1.54) is 11.8 Å². The van der Waals surface area contributed by atoms with Gasteiger partial charge in [-0.25, -0.2) is 4.98 Å². The molecule has 0 spiro atoms. The van der Waals surface area contributed by atoms with E-state index in [0.29, 0.717) is 5.56 Å². The van der Waals surface area contributed by atoms with Crippen LogP contribution in [0.5, 0.6) is 0 Å². The van der Waals surface area contributed by atoms with Gasteiger partial charge in [0.05, 0.1) is 6.20 Å². The topological polar surface area (TPSA) is 86.6 Å². The number of Topliss-reactive ketones (excluding diaryl/α,β-unsaturated/α-hetero) is 2. The monoisotopic (exact) mass is 361 g/mol. The Morgan fingerprint density at radius 1 is 1.33 bits per heavy atom. The summed E-state index contributed by atoms with van der Waals surface area (Å²) in [6.07, 6.45) is 6.74. The molecule has 0 aliphatic heterocycles. The zero-order chi connectivity index (χ0) is 19.6. The first-order valence-electron chi connectivity index (χ1n) is 9.11. The molecule has 0 bridgehead atoms. The summed E-state index contributed by atoms with van der Waals surface area (Å²) in [5.41, 5.74) is 4.24. The summed E-state index contributed by atoms with van der Waals surface area (Å²) >= 11 is 0. The molecule has 27 heavy (non-hydrogen) atoms. The van der Waals surface area contributed by atoms with Crippen molar-refractivity contribution in [1.29, 1.82) is 5.26 Å². The molecule has 0 fully saturated rings. The first kappa shape index (κ1) is 18.8. The SMILES string of the molecule is CC(=O)c1ccc(CC(=O)c2ncc(C#N)[nH]2)c(C2=CCC(C)(C)CC2)c1. The number of nitrogens with zero attached hydrogens (tertiary/aromatic N) is 2. The van der Waals surface area contributed by atoms with Crippen LogP contribution in [0.15, 0.2) is 30.5 Å². The average molecular weight is 361 g/mol. The minimum atomic E-state index is -0.176. The normalized spacial score (nSPS) is 15.7. The van der Waals surface area contributed by atoms with Crippen molar-refractivity contribution in [2.75, 3.05) is 0 Å². The quantitative estimate of drug-likeness (QED) is 0.794. The van der Waals surface area contributed by atoms with E-state index in [9.17, 15) is 9.59 Å². The van der Waals surface area contributed by atoms with E-state index in [-0.39, 0.29) is 34.9 Å². The van der Waals surface area contributed by atoms with Crippen LogP contribution in [-0.4, -0.2) is 21.5 Å². The molecule has 1 aliphatic rings. The first-order valence-corrected chi connectivity index (χ1v) is 9.11. The first-order chi connectivity index (χ1) is 12.8. The number of hydrogen-bond acceptors (Lipinski definition) is 4. The summed E-state index contributed by atoms with van der Waals surface area (Å²) in [7, 11) is 0. The predicted octanol–water partition coefficient (Wildman–Crippen LogP) is 4.50. The second-order valence-corrected chi connectivity index (χ2v) is 7.88. The molecule has 3 rings (SSSR count). The maximum absolute atomic E-state index is 12.6. The number of hydrogen-bond donors (Lipinski definition) is 1. The highest BCUT2D eigenvalue weighted by Gasteiger charge is 2.24. The zero-order valence-electron chi connectivity index (χ0n) is 15.9. The largest absolute Gasteiger partial charge is 0.327 e. The molecule has 1 heterocycles. The maximum atomic E-state index is 12.6. The van der Waals surface area contributed by atoms with E-state index in [2.05, 4.69) is 29.9 Å². The van der Waals surface area contributed by atoms with E-state index in [1.807, 2.05) is 18.2 Å². The molecule has 1 aliphatic carbocycles. The molecule has 0 radical (unpaired) electrons. The number of nitriles is 1. The molecule has 0 amide bonds. The van der Waals surface area contributed by atoms with Gasteiger partial charge in [0.2, 0.25) is 5.78 Å². The molecule has 1 aromatic carbocycles. The third-order valence-electron chi connectivity index (χ3n) is 5.15. The third kappa shape index (κ3) is 4.22. The fraction of sp³-hybridized carbons (Fsp3) is 0.364. The Kier molecular flexibility index (Phi) is 5.09. The van der Waals surface area contributed by atoms with Crippen LogP contribution in [-0.2, 0) is 6.42 Å². The fourth-order valence-electron chi connectivity index (χ4n) is 3.35. The molecule has 0 unspecified atom stereocenters. The average Bonchev–Trinajstić information content (AvgIpc) is 3.11. The Balaban J connectivity index is 1.95. The van der Waals surface area contributed by atoms with E-state index in [0.717, 1.165) is 30.4 Å². The van der Waals surface area contributed by atoms with Crippen molar-refractivity contribution in [2.45, 2.75) is 46.5 Å². The second kappa shape index (κ2) is 7.32. The van der Waals surface area contributed by atoms with E-state index in [1.54, 1.807) is 13.0 Å². The molecule has 5 nitrogen and oxygen atoms in total. The van der Waals surface area contributed by atoms with Gasteiger partial charge in [-0.05, 0) is 54.4 Å². The Morgan fingerprint density at radius 2 is 2.11 bits per heavy atom. The van der Waals surface area contributed by atoms with Gasteiger partial charge in [-0.15, -0.1) is 0 Å². The summed E-state index contributed by atoms with van der Waals surface area (Å²) in [6.45, 7) is 6.05. The van der Waals surface area contributed by atoms with E-state index in [4.69, 9.17) is 5.26 Å². The number of aromatic nitrogens is 2. The van der Waals surface area contributed by atoms with Gasteiger partial charge in [0.25, 0.3) is 0 Å². The summed E-state index contributed by atoms with van der Waals surface area (Å²) in [4.78, 5) is 31.2. The van der Waals surface area contributed by atoms with Gasteiger partial charge in [-0.1, -0.05) is 32.1 Å². The Bertz CT molecular complexity index is 974. The zero-order valence-corrected chi connectivity index (χ0v) is 15.9. The van der Waals surface area contributed by atoms with Gasteiger partial charge < -0.3 is 4.98 Å². The summed E-state index contributed by atoms with van der Waals surface area (Å²) in [6, 6.07) is 7.47. The lowest BCUT2D eigenvalue weighted by Crippen LogP contribution is -2.15. The van der Waals surface area contributed by atoms with Crippen molar-refractivity contribution in [3.8, 4) is 6.07 Å². The van der Waals surface area contributed by atoms with Crippen molar-refractivity contribution in [2.24, 2.45) is 5.41 Å². The van der Waals surface area contributed by atoms with Gasteiger partial charge in [0.1, 0.15) is 11.8 Å². The summed E-state index contributed by atoms with van der Waals surface area (Å²) in [5.74, 6) is 0.0209. The Hall–Kier alpha value is -3.00. The van der Waals surface area contributed by atoms with Crippen LogP contribution < -0.4 is 0 Å². The van der Waals surface area contributed by atoms with Crippen LogP contribution in [0.4, 0.5) is 0 Å². The van der Waals surface area contributed by atoms with Gasteiger partial charge in [0, 0.05) is 12.0 Å². The van der Waals surface area contributed by atoms with Crippen molar-refractivity contribution < 1.29 is 9.59 Å². The Morgan fingerprint density at radius 3 is 2.70 bits per heavy atom. The molecule has 0 saturated heterocycles. The number of imidazole rings is 1. The van der Waals surface area contributed by atoms with Crippen LogP contribution in [0.1, 0.15) is 77.8 Å². The number of carbonyl (C=O) groups excluding carboxylic acids is 2. The van der Waals surface area contributed by atoms with Gasteiger partial charge in [-0.3, -0.25) is 9.59 Å². The highest BCUT2D eigenvalue weighted by atomic mass is 16.1. The predicted molar refractivity (Wildman–Crippen MR) is 103 cm³/mol. The lowest BCUT2D eigenvalue weighted by Gasteiger charge is -2.29. The number of rotatable bonds is 5. The lowest BCUT2D eigenvalue weighted by molar-refractivity contribution is 0.0982. The van der Waals surface area contributed by atoms with Gasteiger partial charge in [-0.2, -0.15) is 5.26 Å². The molecule has 1 aromatic heterocycles. The molecule has 138 valence electrons. The number of aromatic amines is 1. The van der Waals surface area contributed by atoms with E-state index >= 15 is 0 Å². The van der Waals surface area contributed by atoms with Crippen LogP contribution in [0.25, 0.3) is 5.57 Å². The molecule has 0 atom stereocenters. The number of allylic oxidation sites excluding steroid dienone is 2.